The highest BCUT2D eigenvalue weighted by Gasteiger charge is 2.22. The lowest BCUT2D eigenvalue weighted by Crippen LogP contribution is -2.23. The van der Waals surface area contributed by atoms with Gasteiger partial charge < -0.3 is 14.8 Å². The van der Waals surface area contributed by atoms with Crippen molar-refractivity contribution in [2.24, 2.45) is 0 Å². The van der Waals surface area contributed by atoms with Gasteiger partial charge >= 0.3 is 0 Å². The molecule has 0 aliphatic carbocycles. The fourth-order valence-electron chi connectivity index (χ4n) is 2.12. The summed E-state index contributed by atoms with van der Waals surface area (Å²) in [4.78, 5) is 4.41. The Morgan fingerprint density at radius 1 is 1.33 bits per heavy atom. The molecule has 2 rings (SSSR count). The highest BCUT2D eigenvalue weighted by Crippen LogP contribution is 2.41. The Bertz CT molecular complexity index is 575. The maximum Gasteiger partial charge on any atom is 0.179 e. The molecule has 1 aromatic heterocycles. The van der Waals surface area contributed by atoms with E-state index in [1.54, 1.807) is 31.8 Å². The van der Waals surface area contributed by atoms with Crippen molar-refractivity contribution in [2.75, 3.05) is 20.8 Å². The molecule has 1 aromatic carbocycles. The van der Waals surface area contributed by atoms with Crippen LogP contribution < -0.4 is 14.8 Å². The van der Waals surface area contributed by atoms with Gasteiger partial charge in [0.1, 0.15) is 5.01 Å². The number of nitrogens with one attached hydrogen (secondary N) is 1. The van der Waals surface area contributed by atoms with Crippen molar-refractivity contribution < 1.29 is 9.47 Å². The van der Waals surface area contributed by atoms with Gasteiger partial charge in [-0.15, -0.1) is 11.3 Å². The van der Waals surface area contributed by atoms with E-state index in [2.05, 4.69) is 17.2 Å². The third-order valence-corrected chi connectivity index (χ3v) is 4.35. The molecule has 6 heteroatoms. The third kappa shape index (κ3) is 3.48. The largest absolute Gasteiger partial charge is 0.493 e. The molecule has 0 amide bonds. The Hall–Kier alpha value is -1.30. The normalized spacial score (nSPS) is 12.2. The predicted molar refractivity (Wildman–Crippen MR) is 86.8 cm³/mol. The molecule has 114 valence electrons. The van der Waals surface area contributed by atoms with Gasteiger partial charge in [-0.25, -0.2) is 4.98 Å². The molecule has 0 aliphatic heterocycles. The molecule has 0 spiro atoms. The lowest BCUT2D eigenvalue weighted by atomic mass is 10.1. The van der Waals surface area contributed by atoms with E-state index in [1.165, 1.54) is 0 Å². The molecule has 0 radical (unpaired) electrons. The van der Waals surface area contributed by atoms with Gasteiger partial charge in [0.15, 0.2) is 11.5 Å². The molecule has 1 atom stereocenters. The van der Waals surface area contributed by atoms with Gasteiger partial charge in [0, 0.05) is 11.6 Å². The van der Waals surface area contributed by atoms with Gasteiger partial charge in [-0.05, 0) is 24.6 Å². The molecule has 1 N–H and O–H groups in total. The molecule has 21 heavy (non-hydrogen) atoms. The van der Waals surface area contributed by atoms with Crippen molar-refractivity contribution in [2.45, 2.75) is 19.4 Å². The van der Waals surface area contributed by atoms with Crippen LogP contribution in [0.25, 0.3) is 0 Å². The summed E-state index contributed by atoms with van der Waals surface area (Å²) in [7, 11) is 3.19. The number of ether oxygens (including phenoxy) is 2. The van der Waals surface area contributed by atoms with Crippen molar-refractivity contribution in [3.8, 4) is 11.5 Å². The van der Waals surface area contributed by atoms with Crippen LogP contribution in [-0.2, 0) is 0 Å². The molecule has 0 saturated heterocycles. The minimum Gasteiger partial charge on any atom is -0.493 e. The molecular weight excluding hydrogens is 308 g/mol. The number of benzene rings is 1. The quantitative estimate of drug-likeness (QED) is 0.838. The lowest BCUT2D eigenvalue weighted by molar-refractivity contribution is 0.354. The third-order valence-electron chi connectivity index (χ3n) is 3.12. The van der Waals surface area contributed by atoms with Gasteiger partial charge in [-0.1, -0.05) is 24.6 Å². The number of hydrogen-bond acceptors (Lipinski definition) is 5. The van der Waals surface area contributed by atoms with Crippen LogP contribution in [0.3, 0.4) is 0 Å². The Morgan fingerprint density at radius 3 is 2.71 bits per heavy atom. The number of nitrogens with zero attached hydrogens (tertiary/aromatic N) is 1. The van der Waals surface area contributed by atoms with E-state index in [-0.39, 0.29) is 6.04 Å². The maximum absolute atomic E-state index is 6.52. The summed E-state index contributed by atoms with van der Waals surface area (Å²) in [5, 5.41) is 6.99. The second kappa shape index (κ2) is 7.64. The summed E-state index contributed by atoms with van der Waals surface area (Å²) in [5.74, 6) is 1.18. The zero-order chi connectivity index (χ0) is 15.2. The zero-order valence-corrected chi connectivity index (χ0v) is 13.9. The first kappa shape index (κ1) is 16.1. The fraction of sp³-hybridized carbons (Fsp3) is 0.400. The van der Waals surface area contributed by atoms with E-state index in [0.717, 1.165) is 23.5 Å². The lowest BCUT2D eigenvalue weighted by Gasteiger charge is -2.20. The fourth-order valence-corrected chi connectivity index (χ4v) is 3.20. The van der Waals surface area contributed by atoms with Crippen molar-refractivity contribution in [3.05, 3.63) is 39.3 Å². The maximum atomic E-state index is 6.52. The van der Waals surface area contributed by atoms with Crippen molar-refractivity contribution >= 4 is 22.9 Å². The molecular formula is C15H19ClN2O2S. The Morgan fingerprint density at radius 2 is 2.14 bits per heavy atom. The Balaban J connectivity index is 2.45. The molecule has 4 nitrogen and oxygen atoms in total. The van der Waals surface area contributed by atoms with Crippen molar-refractivity contribution in [3.63, 3.8) is 0 Å². The van der Waals surface area contributed by atoms with Gasteiger partial charge in [0.25, 0.3) is 0 Å². The van der Waals surface area contributed by atoms with Gasteiger partial charge in [-0.2, -0.15) is 0 Å². The van der Waals surface area contributed by atoms with Crippen LogP contribution in [0.4, 0.5) is 0 Å². The van der Waals surface area contributed by atoms with Crippen LogP contribution >= 0.6 is 22.9 Å². The number of aromatic nitrogens is 1. The minimum absolute atomic E-state index is 0.0442. The van der Waals surface area contributed by atoms with Crippen LogP contribution in [0.1, 0.15) is 30.0 Å². The molecule has 0 bridgehead atoms. The van der Waals surface area contributed by atoms with Crippen LogP contribution in [0.5, 0.6) is 11.5 Å². The topological polar surface area (TPSA) is 43.4 Å². The summed E-state index contributed by atoms with van der Waals surface area (Å²) < 4.78 is 10.7. The van der Waals surface area contributed by atoms with Crippen LogP contribution in [0, 0.1) is 0 Å². The first-order valence-electron chi connectivity index (χ1n) is 6.76. The summed E-state index contributed by atoms with van der Waals surface area (Å²) in [5.41, 5.74) is 0.942. The van der Waals surface area contributed by atoms with Crippen molar-refractivity contribution in [1.82, 2.24) is 10.3 Å². The van der Waals surface area contributed by atoms with Gasteiger partial charge in [0.05, 0.1) is 25.3 Å². The number of hydrogen-bond donors (Lipinski definition) is 1. The van der Waals surface area contributed by atoms with Gasteiger partial charge in [0.2, 0.25) is 0 Å². The van der Waals surface area contributed by atoms with E-state index in [4.69, 9.17) is 21.1 Å². The molecule has 0 aliphatic rings. The summed E-state index contributed by atoms with van der Waals surface area (Å²) in [6.45, 7) is 3.01. The van der Waals surface area contributed by atoms with E-state index >= 15 is 0 Å². The summed E-state index contributed by atoms with van der Waals surface area (Å²) in [6.07, 6.45) is 2.84. The molecule has 2 aromatic rings. The highest BCUT2D eigenvalue weighted by molar-refractivity contribution is 7.09. The molecule has 0 fully saturated rings. The average Bonchev–Trinajstić information content (AvgIpc) is 3.02. The SMILES string of the molecule is CCCNC(c1nccs1)c1ccc(OC)c(OC)c1Cl. The molecule has 0 saturated carbocycles. The van der Waals surface area contributed by atoms with Crippen LogP contribution in [-0.4, -0.2) is 25.7 Å². The first-order chi connectivity index (χ1) is 10.2. The zero-order valence-electron chi connectivity index (χ0n) is 12.4. The second-order valence-corrected chi connectivity index (χ2v) is 5.77. The first-order valence-corrected chi connectivity index (χ1v) is 8.01. The number of thiazole rings is 1. The summed E-state index contributed by atoms with van der Waals surface area (Å²) >= 11 is 8.12. The van der Waals surface area contributed by atoms with Crippen molar-refractivity contribution in [1.29, 1.82) is 0 Å². The average molecular weight is 327 g/mol. The monoisotopic (exact) mass is 326 g/mol. The summed E-state index contributed by atoms with van der Waals surface area (Å²) in [6, 6.07) is 3.78. The highest BCUT2D eigenvalue weighted by atomic mass is 35.5. The number of rotatable bonds is 7. The standard InChI is InChI=1S/C15H19ClN2O2S/c1-4-7-17-13(15-18-8-9-21-15)10-5-6-11(19-2)14(20-3)12(10)16/h5-6,8-9,13,17H,4,7H2,1-3H3. The number of halogens is 1. The van der Waals surface area contributed by atoms with Gasteiger partial charge in [-0.3, -0.25) is 0 Å². The Kier molecular flexibility index (Phi) is 5.85. The second-order valence-electron chi connectivity index (χ2n) is 4.46. The van der Waals surface area contributed by atoms with E-state index < -0.39 is 0 Å². The van der Waals surface area contributed by atoms with E-state index in [1.807, 2.05) is 17.5 Å². The minimum atomic E-state index is -0.0442. The Labute approximate surface area is 134 Å². The molecule has 1 heterocycles. The van der Waals surface area contributed by atoms with Crippen LogP contribution in [0.15, 0.2) is 23.7 Å². The van der Waals surface area contributed by atoms with E-state index in [9.17, 15) is 0 Å². The predicted octanol–water partition coefficient (Wildman–Crippen LogP) is 3.90. The smallest absolute Gasteiger partial charge is 0.179 e. The molecule has 1 unspecified atom stereocenters. The van der Waals surface area contributed by atoms with E-state index in [0.29, 0.717) is 16.5 Å². The van der Waals surface area contributed by atoms with Crippen LogP contribution in [0.2, 0.25) is 5.02 Å². The number of methoxy groups -OCH3 is 2.